The number of hydrogen-bond acceptors (Lipinski definition) is 2. The van der Waals surface area contributed by atoms with Gasteiger partial charge in [-0.25, -0.2) is 4.39 Å². The predicted octanol–water partition coefficient (Wildman–Crippen LogP) is 2.64. The van der Waals surface area contributed by atoms with Crippen LogP contribution in [0.2, 0.25) is 0 Å². The number of aliphatic hydroxyl groups is 1. The van der Waals surface area contributed by atoms with E-state index < -0.39 is 0 Å². The summed E-state index contributed by atoms with van der Waals surface area (Å²) in [4.78, 5) is 0. The van der Waals surface area contributed by atoms with Crippen LogP contribution in [0.4, 0.5) is 4.39 Å². The molecule has 0 aromatic heterocycles. The molecule has 3 heteroatoms. The Kier molecular flexibility index (Phi) is 4.13. The Morgan fingerprint density at radius 2 is 2.00 bits per heavy atom. The molecule has 1 aromatic rings. The summed E-state index contributed by atoms with van der Waals surface area (Å²) in [5.74, 6) is 0.443. The van der Waals surface area contributed by atoms with Gasteiger partial charge in [-0.3, -0.25) is 0 Å². The summed E-state index contributed by atoms with van der Waals surface area (Å²) in [6, 6.07) is 7.09. The molecule has 17 heavy (non-hydrogen) atoms. The van der Waals surface area contributed by atoms with E-state index in [0.29, 0.717) is 5.92 Å². The molecule has 0 radical (unpaired) electrons. The Morgan fingerprint density at radius 1 is 1.35 bits per heavy atom. The normalized spacial score (nSPS) is 19.0. The highest BCUT2D eigenvalue weighted by molar-refractivity contribution is 5.22. The molecule has 2 N–H and O–H groups in total. The second-order valence-corrected chi connectivity index (χ2v) is 4.82. The van der Waals surface area contributed by atoms with Gasteiger partial charge in [0.25, 0.3) is 0 Å². The van der Waals surface area contributed by atoms with Crippen LogP contribution in [0.1, 0.15) is 37.8 Å². The van der Waals surface area contributed by atoms with E-state index in [1.54, 1.807) is 0 Å². The van der Waals surface area contributed by atoms with Crippen molar-refractivity contribution in [2.24, 2.45) is 5.92 Å². The first-order valence-corrected chi connectivity index (χ1v) is 6.37. The standard InChI is InChI=1S/C14H20FNO/c1-2-13(9-17)16-14(10-3-4-10)11-5-7-12(15)8-6-11/h5-8,10,13-14,16-17H,2-4,9H2,1H3/t13-,14?/m1/s1. The molecule has 0 amide bonds. The van der Waals surface area contributed by atoms with Crippen molar-refractivity contribution < 1.29 is 9.50 Å². The van der Waals surface area contributed by atoms with E-state index >= 15 is 0 Å². The average Bonchev–Trinajstić information content (AvgIpc) is 3.17. The maximum absolute atomic E-state index is 12.9. The van der Waals surface area contributed by atoms with E-state index in [1.165, 1.54) is 25.0 Å². The largest absolute Gasteiger partial charge is 0.395 e. The SMILES string of the molecule is CC[C@H](CO)NC(c1ccc(F)cc1)C1CC1. The Hall–Kier alpha value is -0.930. The second kappa shape index (κ2) is 5.61. The van der Waals surface area contributed by atoms with Crippen molar-refractivity contribution in [2.75, 3.05) is 6.61 Å². The lowest BCUT2D eigenvalue weighted by molar-refractivity contribution is 0.223. The van der Waals surface area contributed by atoms with Crippen molar-refractivity contribution in [1.82, 2.24) is 5.32 Å². The minimum atomic E-state index is -0.197. The van der Waals surface area contributed by atoms with Crippen LogP contribution in [0.5, 0.6) is 0 Å². The fraction of sp³-hybridized carbons (Fsp3) is 0.571. The van der Waals surface area contributed by atoms with Crippen LogP contribution < -0.4 is 5.32 Å². The highest BCUT2D eigenvalue weighted by atomic mass is 19.1. The summed E-state index contributed by atoms with van der Waals surface area (Å²) in [6.45, 7) is 2.21. The molecule has 0 spiro atoms. The molecule has 0 saturated heterocycles. The van der Waals surface area contributed by atoms with E-state index in [1.807, 2.05) is 12.1 Å². The van der Waals surface area contributed by atoms with Crippen molar-refractivity contribution in [3.8, 4) is 0 Å². The fourth-order valence-electron chi connectivity index (χ4n) is 2.16. The van der Waals surface area contributed by atoms with Gasteiger partial charge in [-0.05, 0) is 42.9 Å². The lowest BCUT2D eigenvalue weighted by Gasteiger charge is -2.24. The van der Waals surface area contributed by atoms with E-state index in [2.05, 4.69) is 12.2 Å². The lowest BCUT2D eigenvalue weighted by atomic mass is 10.0. The van der Waals surface area contributed by atoms with E-state index in [9.17, 15) is 9.50 Å². The van der Waals surface area contributed by atoms with Crippen molar-refractivity contribution >= 4 is 0 Å². The monoisotopic (exact) mass is 237 g/mol. The Morgan fingerprint density at radius 3 is 2.47 bits per heavy atom. The van der Waals surface area contributed by atoms with Crippen LogP contribution in [-0.4, -0.2) is 17.8 Å². The molecule has 2 rings (SSSR count). The van der Waals surface area contributed by atoms with E-state index in [0.717, 1.165) is 12.0 Å². The highest BCUT2D eigenvalue weighted by Gasteiger charge is 2.33. The topological polar surface area (TPSA) is 32.3 Å². The summed E-state index contributed by atoms with van der Waals surface area (Å²) in [6.07, 6.45) is 3.34. The molecule has 1 aliphatic carbocycles. The van der Waals surface area contributed by atoms with Gasteiger partial charge >= 0.3 is 0 Å². The molecule has 94 valence electrons. The molecule has 1 aliphatic rings. The first-order valence-electron chi connectivity index (χ1n) is 6.37. The first kappa shape index (κ1) is 12.5. The van der Waals surface area contributed by atoms with Crippen molar-refractivity contribution in [2.45, 2.75) is 38.3 Å². The molecule has 1 saturated carbocycles. The Balaban J connectivity index is 2.08. The summed E-state index contributed by atoms with van der Waals surface area (Å²) in [7, 11) is 0. The molecule has 2 atom stereocenters. The van der Waals surface area contributed by atoms with Crippen LogP contribution in [-0.2, 0) is 0 Å². The van der Waals surface area contributed by atoms with E-state index in [4.69, 9.17) is 0 Å². The maximum atomic E-state index is 12.9. The van der Waals surface area contributed by atoms with Crippen LogP contribution in [0.15, 0.2) is 24.3 Å². The van der Waals surface area contributed by atoms with Gasteiger partial charge in [0.15, 0.2) is 0 Å². The number of aliphatic hydroxyl groups excluding tert-OH is 1. The van der Waals surface area contributed by atoms with Gasteiger partial charge in [0.05, 0.1) is 6.61 Å². The molecule has 0 bridgehead atoms. The van der Waals surface area contributed by atoms with Crippen molar-refractivity contribution in [1.29, 1.82) is 0 Å². The lowest BCUT2D eigenvalue weighted by Crippen LogP contribution is -2.36. The second-order valence-electron chi connectivity index (χ2n) is 4.82. The minimum Gasteiger partial charge on any atom is -0.395 e. The number of nitrogens with one attached hydrogen (secondary N) is 1. The van der Waals surface area contributed by atoms with Crippen LogP contribution in [0.25, 0.3) is 0 Å². The molecular weight excluding hydrogens is 217 g/mol. The van der Waals surface area contributed by atoms with Crippen LogP contribution in [0.3, 0.4) is 0 Å². The Bertz CT molecular complexity index is 344. The van der Waals surface area contributed by atoms with Gasteiger partial charge in [-0.2, -0.15) is 0 Å². The quantitative estimate of drug-likeness (QED) is 0.797. The zero-order valence-corrected chi connectivity index (χ0v) is 10.2. The van der Waals surface area contributed by atoms with Gasteiger partial charge in [0.2, 0.25) is 0 Å². The first-order chi connectivity index (χ1) is 8.24. The molecule has 0 aliphatic heterocycles. The van der Waals surface area contributed by atoms with Crippen LogP contribution in [0, 0.1) is 11.7 Å². The van der Waals surface area contributed by atoms with Gasteiger partial charge in [0, 0.05) is 12.1 Å². The summed E-state index contributed by atoms with van der Waals surface area (Å²) in [5.41, 5.74) is 1.13. The third-order valence-corrected chi connectivity index (χ3v) is 3.45. The van der Waals surface area contributed by atoms with Gasteiger partial charge in [-0.1, -0.05) is 19.1 Å². The zero-order chi connectivity index (χ0) is 12.3. The van der Waals surface area contributed by atoms with Crippen molar-refractivity contribution in [3.05, 3.63) is 35.6 Å². The summed E-state index contributed by atoms with van der Waals surface area (Å²) < 4.78 is 12.9. The molecular formula is C14H20FNO. The zero-order valence-electron chi connectivity index (χ0n) is 10.2. The molecule has 0 heterocycles. The molecule has 1 unspecified atom stereocenters. The van der Waals surface area contributed by atoms with Crippen molar-refractivity contribution in [3.63, 3.8) is 0 Å². The number of benzene rings is 1. The Labute approximate surface area is 102 Å². The third kappa shape index (κ3) is 3.27. The van der Waals surface area contributed by atoms with Gasteiger partial charge in [0.1, 0.15) is 5.82 Å². The average molecular weight is 237 g/mol. The highest BCUT2D eigenvalue weighted by Crippen LogP contribution is 2.41. The predicted molar refractivity (Wildman–Crippen MR) is 66.2 cm³/mol. The number of rotatable bonds is 6. The number of hydrogen-bond donors (Lipinski definition) is 2. The molecule has 2 nitrogen and oxygen atoms in total. The molecule has 1 aromatic carbocycles. The van der Waals surface area contributed by atoms with Gasteiger partial charge in [-0.15, -0.1) is 0 Å². The van der Waals surface area contributed by atoms with E-state index in [-0.39, 0.29) is 24.5 Å². The maximum Gasteiger partial charge on any atom is 0.123 e. The smallest absolute Gasteiger partial charge is 0.123 e. The third-order valence-electron chi connectivity index (χ3n) is 3.45. The minimum absolute atomic E-state index is 0.130. The van der Waals surface area contributed by atoms with Gasteiger partial charge < -0.3 is 10.4 Å². The summed E-state index contributed by atoms with van der Waals surface area (Å²) in [5, 5.41) is 12.7. The molecule has 1 fully saturated rings. The number of halogens is 1. The summed E-state index contributed by atoms with van der Waals surface area (Å²) >= 11 is 0. The van der Waals surface area contributed by atoms with Crippen LogP contribution >= 0.6 is 0 Å². The fourth-order valence-corrected chi connectivity index (χ4v) is 2.16.